The van der Waals surface area contributed by atoms with Gasteiger partial charge in [-0.05, 0) is 60.2 Å². The van der Waals surface area contributed by atoms with Crippen molar-refractivity contribution in [3.05, 3.63) is 83.9 Å². The van der Waals surface area contributed by atoms with Crippen molar-refractivity contribution in [3.63, 3.8) is 0 Å². The van der Waals surface area contributed by atoms with E-state index >= 15 is 0 Å². The fraction of sp³-hybridized carbons (Fsp3) is 0.222. The van der Waals surface area contributed by atoms with Gasteiger partial charge in [0, 0.05) is 17.6 Å². The topological polar surface area (TPSA) is 80.5 Å². The third kappa shape index (κ3) is 3.47. The standard InChI is InChI=1S/C27H25N5O2S/c1-18(2)19-13-15-21(16-14-19)35(33,34)27-26-28-25(22-10-4-6-12-24(22)32(26)30-29-27)31-17-7-9-20-8-3-5-11-23(20)31/h3-6,8,10-16,18H,7,9,17H2,1-2H3. The second kappa shape index (κ2) is 8.16. The van der Waals surface area contributed by atoms with Gasteiger partial charge in [-0.25, -0.2) is 13.4 Å². The van der Waals surface area contributed by atoms with Gasteiger partial charge in [0.05, 0.1) is 10.4 Å². The van der Waals surface area contributed by atoms with Crippen LogP contribution in [0.1, 0.15) is 37.3 Å². The Hall–Kier alpha value is -3.78. The maximum atomic E-state index is 13.6. The van der Waals surface area contributed by atoms with Crippen molar-refractivity contribution in [1.82, 2.24) is 19.8 Å². The molecule has 3 aromatic carbocycles. The first-order valence-corrected chi connectivity index (χ1v) is 13.3. The highest BCUT2D eigenvalue weighted by Gasteiger charge is 2.29. The Morgan fingerprint density at radius 3 is 2.46 bits per heavy atom. The average Bonchev–Trinajstić information content (AvgIpc) is 3.33. The van der Waals surface area contributed by atoms with Crippen LogP contribution < -0.4 is 4.90 Å². The summed E-state index contributed by atoms with van der Waals surface area (Å²) < 4.78 is 28.8. The molecule has 0 N–H and O–H groups in total. The monoisotopic (exact) mass is 483 g/mol. The number of anilines is 2. The van der Waals surface area contributed by atoms with Crippen LogP contribution in [0.2, 0.25) is 0 Å². The number of para-hydroxylation sites is 2. The van der Waals surface area contributed by atoms with Crippen molar-refractivity contribution < 1.29 is 8.42 Å². The van der Waals surface area contributed by atoms with Gasteiger partial charge in [-0.2, -0.15) is 4.52 Å². The molecule has 0 unspecified atom stereocenters. The van der Waals surface area contributed by atoms with E-state index in [1.165, 1.54) is 10.1 Å². The molecule has 0 atom stereocenters. The lowest BCUT2D eigenvalue weighted by molar-refractivity contribution is 0.592. The van der Waals surface area contributed by atoms with Gasteiger partial charge in [0.1, 0.15) is 5.82 Å². The van der Waals surface area contributed by atoms with Crippen molar-refractivity contribution in [3.8, 4) is 0 Å². The van der Waals surface area contributed by atoms with Gasteiger partial charge in [-0.1, -0.05) is 61.5 Å². The van der Waals surface area contributed by atoms with Gasteiger partial charge in [0.25, 0.3) is 0 Å². The quantitative estimate of drug-likeness (QED) is 0.344. The molecule has 0 radical (unpaired) electrons. The number of hydrogen-bond acceptors (Lipinski definition) is 6. The smallest absolute Gasteiger partial charge is 0.229 e. The predicted octanol–water partition coefficient (Wildman–Crippen LogP) is 5.32. The normalized spacial score (nSPS) is 14.1. The summed E-state index contributed by atoms with van der Waals surface area (Å²) in [6, 6.07) is 23.1. The van der Waals surface area contributed by atoms with Gasteiger partial charge in [0.2, 0.25) is 14.9 Å². The molecule has 176 valence electrons. The lowest BCUT2D eigenvalue weighted by Gasteiger charge is -2.31. The van der Waals surface area contributed by atoms with Crippen LogP contribution in [-0.4, -0.2) is 34.8 Å². The van der Waals surface area contributed by atoms with Crippen LogP contribution in [0, 0.1) is 0 Å². The Kier molecular flexibility index (Phi) is 5.07. The zero-order valence-electron chi connectivity index (χ0n) is 19.6. The van der Waals surface area contributed by atoms with E-state index in [1.54, 1.807) is 12.1 Å². The van der Waals surface area contributed by atoms with Gasteiger partial charge in [-0.3, -0.25) is 0 Å². The summed E-state index contributed by atoms with van der Waals surface area (Å²) in [4.78, 5) is 7.28. The molecule has 5 aromatic rings. The second-order valence-electron chi connectivity index (χ2n) is 9.19. The summed E-state index contributed by atoms with van der Waals surface area (Å²) in [5.41, 5.74) is 4.43. The van der Waals surface area contributed by atoms with Gasteiger partial charge in [-0.15, -0.1) is 5.10 Å². The van der Waals surface area contributed by atoms with Gasteiger partial charge in [0.15, 0.2) is 5.65 Å². The summed E-state index contributed by atoms with van der Waals surface area (Å²) in [5, 5.41) is 9.11. The van der Waals surface area contributed by atoms with Crippen molar-refractivity contribution in [1.29, 1.82) is 0 Å². The van der Waals surface area contributed by atoms with Crippen molar-refractivity contribution in [2.45, 2.75) is 42.5 Å². The average molecular weight is 484 g/mol. The molecule has 6 rings (SSSR count). The van der Waals surface area contributed by atoms with Crippen LogP contribution in [0.15, 0.2) is 82.7 Å². The van der Waals surface area contributed by atoms with E-state index < -0.39 is 9.84 Å². The Morgan fingerprint density at radius 1 is 0.914 bits per heavy atom. The van der Waals surface area contributed by atoms with Crippen LogP contribution in [0.25, 0.3) is 16.6 Å². The van der Waals surface area contributed by atoms with Crippen molar-refractivity contribution in [2.75, 3.05) is 11.4 Å². The minimum Gasteiger partial charge on any atom is -0.325 e. The van der Waals surface area contributed by atoms with Crippen LogP contribution in [0.4, 0.5) is 11.5 Å². The first-order chi connectivity index (χ1) is 16.9. The van der Waals surface area contributed by atoms with E-state index in [9.17, 15) is 8.42 Å². The lowest BCUT2D eigenvalue weighted by Crippen LogP contribution is -2.26. The highest BCUT2D eigenvalue weighted by atomic mass is 32.2. The van der Waals surface area contributed by atoms with Gasteiger partial charge >= 0.3 is 0 Å². The maximum Gasteiger partial charge on any atom is 0.229 e. The Morgan fingerprint density at radius 2 is 1.66 bits per heavy atom. The Labute approximate surface area is 204 Å². The molecule has 1 aliphatic rings. The van der Waals surface area contributed by atoms with Crippen LogP contribution in [-0.2, 0) is 16.3 Å². The number of fused-ring (bicyclic) bond motifs is 4. The van der Waals surface area contributed by atoms with E-state index in [2.05, 4.69) is 41.2 Å². The lowest BCUT2D eigenvalue weighted by atomic mass is 10.0. The molecule has 8 heteroatoms. The maximum absolute atomic E-state index is 13.6. The molecule has 7 nitrogen and oxygen atoms in total. The number of nitrogens with zero attached hydrogens (tertiary/aromatic N) is 5. The molecule has 1 aliphatic heterocycles. The fourth-order valence-electron chi connectivity index (χ4n) is 4.81. The molecule has 3 heterocycles. The van der Waals surface area contributed by atoms with Crippen LogP contribution >= 0.6 is 0 Å². The molecular formula is C27H25N5O2S. The van der Waals surface area contributed by atoms with Crippen LogP contribution in [0.5, 0.6) is 0 Å². The number of benzene rings is 3. The van der Waals surface area contributed by atoms with Crippen LogP contribution in [0.3, 0.4) is 0 Å². The SMILES string of the molecule is CC(C)c1ccc(S(=O)(=O)c2nnn3c2nc(N2CCCc4ccccc42)c2ccccc23)cc1. The number of aryl methyl sites for hydroxylation is 1. The molecule has 35 heavy (non-hydrogen) atoms. The predicted molar refractivity (Wildman–Crippen MR) is 136 cm³/mol. The molecule has 0 bridgehead atoms. The molecule has 0 aliphatic carbocycles. The number of aromatic nitrogens is 4. The van der Waals surface area contributed by atoms with E-state index in [0.29, 0.717) is 11.7 Å². The van der Waals surface area contributed by atoms with E-state index in [1.807, 2.05) is 48.5 Å². The zero-order chi connectivity index (χ0) is 24.2. The first-order valence-electron chi connectivity index (χ1n) is 11.8. The number of rotatable bonds is 4. The van der Waals surface area contributed by atoms with E-state index in [0.717, 1.165) is 41.5 Å². The Bertz CT molecular complexity index is 1670. The molecule has 0 amide bonds. The third-order valence-corrected chi connectivity index (χ3v) is 8.35. The largest absolute Gasteiger partial charge is 0.325 e. The van der Waals surface area contributed by atoms with E-state index in [-0.39, 0.29) is 15.6 Å². The summed E-state index contributed by atoms with van der Waals surface area (Å²) in [5.74, 6) is 1.03. The molecule has 2 aromatic heterocycles. The molecule has 0 spiro atoms. The molecular weight excluding hydrogens is 458 g/mol. The number of sulfone groups is 1. The highest BCUT2D eigenvalue weighted by molar-refractivity contribution is 7.91. The summed E-state index contributed by atoms with van der Waals surface area (Å²) >= 11 is 0. The molecule has 0 saturated heterocycles. The third-order valence-electron chi connectivity index (χ3n) is 6.68. The summed E-state index contributed by atoms with van der Waals surface area (Å²) in [6.07, 6.45) is 2.00. The van der Waals surface area contributed by atoms with Crippen molar-refractivity contribution >= 4 is 37.9 Å². The molecule has 0 fully saturated rings. The Balaban J connectivity index is 1.58. The van der Waals surface area contributed by atoms with E-state index in [4.69, 9.17) is 4.98 Å². The second-order valence-corrected chi connectivity index (χ2v) is 11.1. The minimum absolute atomic E-state index is 0.132. The fourth-order valence-corrected chi connectivity index (χ4v) is 6.04. The molecule has 0 saturated carbocycles. The minimum atomic E-state index is -3.92. The summed E-state index contributed by atoms with van der Waals surface area (Å²) in [7, 11) is -3.92. The zero-order valence-corrected chi connectivity index (χ0v) is 20.4. The summed E-state index contributed by atoms with van der Waals surface area (Å²) in [6.45, 7) is 4.95. The highest BCUT2D eigenvalue weighted by Crippen LogP contribution is 2.37. The first kappa shape index (κ1) is 21.7. The van der Waals surface area contributed by atoms with Crippen molar-refractivity contribution in [2.24, 2.45) is 0 Å². The van der Waals surface area contributed by atoms with Gasteiger partial charge < -0.3 is 4.90 Å². The number of hydrogen-bond donors (Lipinski definition) is 0.